The quantitative estimate of drug-likeness (QED) is 0.184. The molecule has 0 saturated heterocycles. The minimum Gasteiger partial charge on any atom is -0.461 e. The third-order valence-corrected chi connectivity index (χ3v) is 12.8. The number of ether oxygens (including phenoxy) is 1. The highest BCUT2D eigenvalue weighted by Crippen LogP contribution is 2.68. The molecule has 8 atom stereocenters. The number of nitrogens with zero attached hydrogens (tertiary/aromatic N) is 2. The van der Waals surface area contributed by atoms with Gasteiger partial charge >= 0.3 is 5.97 Å². The maximum absolute atomic E-state index is 13.6. The van der Waals surface area contributed by atoms with E-state index in [0.717, 1.165) is 25.0 Å². The van der Waals surface area contributed by atoms with Gasteiger partial charge in [-0.3, -0.25) is 19.3 Å². The van der Waals surface area contributed by atoms with Gasteiger partial charge in [-0.05, 0) is 42.9 Å². The fourth-order valence-corrected chi connectivity index (χ4v) is 9.80. The molecule has 0 spiro atoms. The number of aliphatic hydroxyl groups is 3. The molecular formula is C32H49N3O7S2. The van der Waals surface area contributed by atoms with Crippen LogP contribution in [0.1, 0.15) is 65.5 Å². The number of thiazole rings is 1. The Kier molecular flexibility index (Phi) is 11.4. The first-order valence-corrected chi connectivity index (χ1v) is 17.7. The van der Waals surface area contributed by atoms with Gasteiger partial charge in [-0.15, -0.1) is 29.7 Å². The zero-order chi connectivity index (χ0) is 32.3. The SMILES string of the molecule is C=C[C@]1(C)C[C@@H](OC(=O)CSCc2csc(NC(=O)CN(CCO)CCO)n2)[C@]2(C)[C@H](C)CC[C@]3(CCC(=O)[C@H]32)[C@@H](C)[C@@H]1O. The molecule has 1 amide bonds. The largest absolute Gasteiger partial charge is 0.461 e. The molecule has 0 radical (unpaired) electrons. The van der Waals surface area contributed by atoms with Crippen LogP contribution < -0.4 is 5.32 Å². The van der Waals surface area contributed by atoms with Gasteiger partial charge in [0.1, 0.15) is 11.9 Å². The van der Waals surface area contributed by atoms with Crippen molar-refractivity contribution in [2.75, 3.05) is 43.9 Å². The third kappa shape index (κ3) is 6.80. The molecule has 1 aromatic rings. The van der Waals surface area contributed by atoms with Crippen LogP contribution in [0.3, 0.4) is 0 Å². The number of esters is 1. The fourth-order valence-electron chi connectivity index (χ4n) is 8.28. The first-order valence-electron chi connectivity index (χ1n) is 15.6. The van der Waals surface area contributed by atoms with Gasteiger partial charge in [-0.2, -0.15) is 0 Å². The predicted octanol–water partition coefficient (Wildman–Crippen LogP) is 3.51. The second-order valence-electron chi connectivity index (χ2n) is 13.5. The molecule has 10 nitrogen and oxygen atoms in total. The highest BCUT2D eigenvalue weighted by atomic mass is 32.2. The summed E-state index contributed by atoms with van der Waals surface area (Å²) in [6, 6.07) is 0. The normalized spacial score (nSPS) is 35.1. The van der Waals surface area contributed by atoms with E-state index in [0.29, 0.717) is 23.7 Å². The molecule has 4 rings (SSSR count). The molecule has 0 unspecified atom stereocenters. The van der Waals surface area contributed by atoms with Crippen molar-refractivity contribution in [1.82, 2.24) is 9.88 Å². The summed E-state index contributed by atoms with van der Waals surface area (Å²) in [7, 11) is 0. The number of carbonyl (C=O) groups excluding carboxylic acids is 3. The highest BCUT2D eigenvalue weighted by Gasteiger charge is 2.68. The Bertz CT molecular complexity index is 1210. The molecule has 4 N–H and O–H groups in total. The summed E-state index contributed by atoms with van der Waals surface area (Å²) in [5.74, 6) is -0.0218. The lowest BCUT2D eigenvalue weighted by Crippen LogP contribution is -2.63. The van der Waals surface area contributed by atoms with Crippen LogP contribution in [0.15, 0.2) is 18.0 Å². The molecule has 1 heterocycles. The Morgan fingerprint density at radius 1 is 1.25 bits per heavy atom. The standard InChI is InChI=1S/C32H49N3O7S2/c1-6-30(4)15-24(31(5)20(2)7-9-32(21(3)28(30)41)10-8-23(38)27(31)32)42-26(40)19-43-17-22-18-44-29(33-22)34-25(39)16-35(11-13-36)12-14-37/h6,18,20-21,24,27-28,36-37,41H,1,7-17,19H2,2-5H3,(H,33,34,39)/t20-,21+,24-,27+,28+,30-,31+,32+/m1/s1. The number of amides is 1. The van der Waals surface area contributed by atoms with Gasteiger partial charge < -0.3 is 25.4 Å². The minimum absolute atomic E-state index is 0.0315. The van der Waals surface area contributed by atoms with E-state index >= 15 is 0 Å². The van der Waals surface area contributed by atoms with E-state index in [1.807, 2.05) is 12.3 Å². The Hall–Kier alpha value is -1.83. The van der Waals surface area contributed by atoms with E-state index in [9.17, 15) is 19.5 Å². The first-order chi connectivity index (χ1) is 20.8. The molecule has 3 aliphatic carbocycles. The molecular weight excluding hydrogens is 603 g/mol. The van der Waals surface area contributed by atoms with Gasteiger partial charge in [0.15, 0.2) is 5.13 Å². The third-order valence-electron chi connectivity index (χ3n) is 11.0. The van der Waals surface area contributed by atoms with Crippen LogP contribution in [-0.4, -0.2) is 93.7 Å². The van der Waals surface area contributed by atoms with Crippen molar-refractivity contribution in [3.05, 3.63) is 23.7 Å². The predicted molar refractivity (Wildman–Crippen MR) is 172 cm³/mol. The van der Waals surface area contributed by atoms with Crippen molar-refractivity contribution in [3.63, 3.8) is 0 Å². The van der Waals surface area contributed by atoms with Crippen molar-refractivity contribution < 1.29 is 34.4 Å². The number of aromatic nitrogens is 1. The van der Waals surface area contributed by atoms with Gasteiger partial charge in [0.25, 0.3) is 0 Å². The maximum atomic E-state index is 13.6. The van der Waals surface area contributed by atoms with Crippen LogP contribution in [0.2, 0.25) is 0 Å². The monoisotopic (exact) mass is 651 g/mol. The lowest BCUT2D eigenvalue weighted by molar-refractivity contribution is -0.205. The number of ketones is 1. The van der Waals surface area contributed by atoms with Crippen molar-refractivity contribution in [3.8, 4) is 0 Å². The molecule has 3 fully saturated rings. The van der Waals surface area contributed by atoms with Crippen LogP contribution in [0.25, 0.3) is 0 Å². The molecule has 44 heavy (non-hydrogen) atoms. The van der Waals surface area contributed by atoms with Crippen LogP contribution in [0.5, 0.6) is 0 Å². The molecule has 3 saturated carbocycles. The van der Waals surface area contributed by atoms with Crippen molar-refractivity contribution >= 4 is 45.9 Å². The van der Waals surface area contributed by atoms with Crippen molar-refractivity contribution in [2.45, 2.75) is 77.8 Å². The number of thioether (sulfide) groups is 1. The highest BCUT2D eigenvalue weighted by molar-refractivity contribution is 7.99. The summed E-state index contributed by atoms with van der Waals surface area (Å²) in [5, 5.41) is 35.0. The molecule has 2 bridgehead atoms. The van der Waals surface area contributed by atoms with Gasteiger partial charge in [0.05, 0.1) is 37.3 Å². The van der Waals surface area contributed by atoms with Crippen molar-refractivity contribution in [1.29, 1.82) is 0 Å². The summed E-state index contributed by atoms with van der Waals surface area (Å²) in [4.78, 5) is 45.4. The molecule has 246 valence electrons. The molecule has 0 aliphatic heterocycles. The Labute approximate surface area is 269 Å². The Balaban J connectivity index is 1.41. The van der Waals surface area contributed by atoms with Crippen molar-refractivity contribution in [2.24, 2.45) is 34.0 Å². The first kappa shape index (κ1) is 35.0. The average Bonchev–Trinajstić information content (AvgIpc) is 3.58. The number of hydrogen-bond acceptors (Lipinski definition) is 11. The second kappa shape index (κ2) is 14.3. The smallest absolute Gasteiger partial charge is 0.316 e. The summed E-state index contributed by atoms with van der Waals surface area (Å²) < 4.78 is 6.31. The Morgan fingerprint density at radius 2 is 1.95 bits per heavy atom. The van der Waals surface area contributed by atoms with E-state index in [4.69, 9.17) is 14.9 Å². The second-order valence-corrected chi connectivity index (χ2v) is 15.3. The molecule has 0 aromatic carbocycles. The lowest BCUT2D eigenvalue weighted by atomic mass is 9.44. The number of anilines is 1. The Morgan fingerprint density at radius 3 is 2.61 bits per heavy atom. The average molecular weight is 652 g/mol. The van der Waals surface area contributed by atoms with Crippen LogP contribution in [0.4, 0.5) is 5.13 Å². The van der Waals surface area contributed by atoms with E-state index in [1.165, 1.54) is 23.1 Å². The minimum atomic E-state index is -0.700. The summed E-state index contributed by atoms with van der Waals surface area (Å²) in [5.41, 5.74) is -0.803. The van der Waals surface area contributed by atoms with Gasteiger partial charge in [-0.1, -0.05) is 33.8 Å². The number of aliphatic hydroxyl groups excluding tert-OH is 3. The number of nitrogens with one attached hydrogen (secondary N) is 1. The van der Waals surface area contributed by atoms with Crippen LogP contribution in [-0.2, 0) is 24.9 Å². The lowest BCUT2D eigenvalue weighted by Gasteiger charge is -2.61. The van der Waals surface area contributed by atoms with E-state index in [1.54, 1.807) is 11.0 Å². The summed E-state index contributed by atoms with van der Waals surface area (Å²) >= 11 is 2.66. The summed E-state index contributed by atoms with van der Waals surface area (Å²) in [6.45, 7) is 12.8. The fraction of sp³-hybridized carbons (Fsp3) is 0.750. The number of rotatable bonds is 13. The zero-order valence-corrected chi connectivity index (χ0v) is 28.1. The van der Waals surface area contributed by atoms with Crippen LogP contribution >= 0.6 is 23.1 Å². The van der Waals surface area contributed by atoms with E-state index in [2.05, 4.69) is 37.7 Å². The van der Waals surface area contributed by atoms with Gasteiger partial charge in [0.2, 0.25) is 5.91 Å². The summed E-state index contributed by atoms with van der Waals surface area (Å²) in [6.07, 6.45) is 4.05. The maximum Gasteiger partial charge on any atom is 0.316 e. The number of carbonyl (C=O) groups is 3. The topological polar surface area (TPSA) is 149 Å². The van der Waals surface area contributed by atoms with E-state index in [-0.39, 0.29) is 79.4 Å². The van der Waals surface area contributed by atoms with E-state index < -0.39 is 23.0 Å². The van der Waals surface area contributed by atoms with Gasteiger partial charge in [-0.25, -0.2) is 4.98 Å². The van der Waals surface area contributed by atoms with Crippen LogP contribution in [0, 0.1) is 34.0 Å². The molecule has 1 aromatic heterocycles. The number of Topliss-reactive ketones (excluding diaryl/α,β-unsaturated/α-hetero) is 1. The number of hydrogen-bond donors (Lipinski definition) is 4. The molecule has 3 aliphatic rings. The van der Waals surface area contributed by atoms with Gasteiger partial charge in [0, 0.05) is 47.4 Å². The molecule has 12 heteroatoms. The zero-order valence-electron chi connectivity index (χ0n) is 26.4.